The van der Waals surface area contributed by atoms with Crippen LogP contribution in [-0.2, 0) is 9.59 Å². The minimum atomic E-state index is -0.266. The second kappa shape index (κ2) is 6.75. The van der Waals surface area contributed by atoms with E-state index in [1.807, 2.05) is 31.2 Å². The summed E-state index contributed by atoms with van der Waals surface area (Å²) in [4.78, 5) is 25.8. The van der Waals surface area contributed by atoms with Gasteiger partial charge in [-0.1, -0.05) is 18.2 Å². The van der Waals surface area contributed by atoms with Crippen LogP contribution in [0.2, 0.25) is 0 Å². The summed E-state index contributed by atoms with van der Waals surface area (Å²) in [5, 5.41) is 2.83. The third kappa shape index (κ3) is 3.31. The first-order valence-electron chi connectivity index (χ1n) is 6.83. The molecule has 0 unspecified atom stereocenters. The second-order valence-electron chi connectivity index (χ2n) is 5.03. The van der Waals surface area contributed by atoms with E-state index in [1.54, 1.807) is 4.90 Å². The largest absolute Gasteiger partial charge is 0.356 e. The van der Waals surface area contributed by atoms with Crippen LogP contribution in [0.4, 0.5) is 5.69 Å². The number of hydrogen-bond donors (Lipinski definition) is 1. The number of nitrogens with zero attached hydrogens (tertiary/aromatic N) is 1. The number of para-hydroxylation sites is 1. The average molecular weight is 295 g/mol. The number of carbonyl (C=O) groups excluding carboxylic acids is 2. The van der Waals surface area contributed by atoms with Crippen molar-refractivity contribution < 1.29 is 9.59 Å². The number of halogens is 1. The first-order valence-corrected chi connectivity index (χ1v) is 7.36. The van der Waals surface area contributed by atoms with Gasteiger partial charge in [-0.25, -0.2) is 0 Å². The van der Waals surface area contributed by atoms with E-state index in [1.165, 1.54) is 0 Å². The molecule has 1 N–H and O–H groups in total. The Kier molecular flexibility index (Phi) is 5.01. The van der Waals surface area contributed by atoms with E-state index in [2.05, 4.69) is 5.32 Å². The van der Waals surface area contributed by atoms with E-state index >= 15 is 0 Å². The van der Waals surface area contributed by atoms with Gasteiger partial charge in [-0.2, -0.15) is 0 Å². The molecule has 108 valence electrons. The Morgan fingerprint density at radius 1 is 1.45 bits per heavy atom. The van der Waals surface area contributed by atoms with E-state index in [-0.39, 0.29) is 24.2 Å². The molecule has 0 bridgehead atoms. The molecule has 5 heteroatoms. The number of hydrogen-bond acceptors (Lipinski definition) is 2. The van der Waals surface area contributed by atoms with E-state index in [4.69, 9.17) is 11.6 Å². The minimum Gasteiger partial charge on any atom is -0.356 e. The van der Waals surface area contributed by atoms with Gasteiger partial charge in [0.25, 0.3) is 0 Å². The van der Waals surface area contributed by atoms with Crippen molar-refractivity contribution in [2.24, 2.45) is 5.92 Å². The molecular formula is C15H19ClN2O2. The van der Waals surface area contributed by atoms with Gasteiger partial charge in [-0.05, 0) is 25.0 Å². The molecule has 1 aromatic rings. The molecule has 1 aromatic carbocycles. The topological polar surface area (TPSA) is 49.4 Å². The van der Waals surface area contributed by atoms with Crippen LogP contribution >= 0.6 is 11.6 Å². The van der Waals surface area contributed by atoms with Gasteiger partial charge in [-0.3, -0.25) is 9.59 Å². The van der Waals surface area contributed by atoms with Crippen LogP contribution in [0.5, 0.6) is 0 Å². The summed E-state index contributed by atoms with van der Waals surface area (Å²) in [7, 11) is 0. The van der Waals surface area contributed by atoms with Crippen molar-refractivity contribution in [1.29, 1.82) is 0 Å². The number of carbonyl (C=O) groups is 2. The molecule has 0 spiro atoms. The quantitative estimate of drug-likeness (QED) is 0.668. The van der Waals surface area contributed by atoms with Gasteiger partial charge >= 0.3 is 0 Å². The second-order valence-corrected chi connectivity index (χ2v) is 5.40. The molecular weight excluding hydrogens is 276 g/mol. The van der Waals surface area contributed by atoms with Gasteiger partial charge in [0.05, 0.1) is 5.92 Å². The van der Waals surface area contributed by atoms with Crippen molar-refractivity contribution in [2.45, 2.75) is 19.8 Å². The molecule has 0 saturated carbocycles. The van der Waals surface area contributed by atoms with Crippen molar-refractivity contribution in [3.8, 4) is 0 Å². The molecule has 1 aliphatic heterocycles. The zero-order valence-electron chi connectivity index (χ0n) is 11.6. The van der Waals surface area contributed by atoms with Crippen molar-refractivity contribution in [3.63, 3.8) is 0 Å². The van der Waals surface area contributed by atoms with E-state index in [0.29, 0.717) is 19.0 Å². The van der Waals surface area contributed by atoms with Crippen LogP contribution in [0, 0.1) is 12.8 Å². The van der Waals surface area contributed by atoms with Crippen molar-refractivity contribution in [1.82, 2.24) is 5.32 Å². The average Bonchev–Trinajstić information content (AvgIpc) is 2.81. The number of nitrogens with one attached hydrogen (secondary N) is 1. The predicted molar refractivity (Wildman–Crippen MR) is 80.0 cm³/mol. The van der Waals surface area contributed by atoms with Crippen LogP contribution in [0.3, 0.4) is 0 Å². The van der Waals surface area contributed by atoms with Crippen molar-refractivity contribution in [3.05, 3.63) is 29.8 Å². The standard InChI is InChI=1S/C15H19ClN2O2/c1-11-5-2-3-6-13(11)18-10-12(9-14(18)19)15(20)17-8-4-7-16/h2-3,5-6,12H,4,7-10H2,1H3,(H,17,20)/t12-/m1/s1. The number of amides is 2. The van der Waals surface area contributed by atoms with E-state index in [0.717, 1.165) is 17.7 Å². The first-order chi connectivity index (χ1) is 9.63. The maximum absolute atomic E-state index is 12.1. The highest BCUT2D eigenvalue weighted by atomic mass is 35.5. The van der Waals surface area contributed by atoms with Gasteiger partial charge in [0.15, 0.2) is 0 Å². The van der Waals surface area contributed by atoms with Gasteiger partial charge < -0.3 is 10.2 Å². The lowest BCUT2D eigenvalue weighted by Crippen LogP contribution is -2.33. The lowest BCUT2D eigenvalue weighted by molar-refractivity contribution is -0.126. The number of rotatable bonds is 5. The molecule has 0 aromatic heterocycles. The van der Waals surface area contributed by atoms with Crippen molar-refractivity contribution >= 4 is 29.1 Å². The number of aryl methyl sites for hydroxylation is 1. The molecule has 20 heavy (non-hydrogen) atoms. The number of benzene rings is 1. The summed E-state index contributed by atoms with van der Waals surface area (Å²) in [6.45, 7) is 2.99. The zero-order valence-corrected chi connectivity index (χ0v) is 12.3. The lowest BCUT2D eigenvalue weighted by Gasteiger charge is -2.18. The highest BCUT2D eigenvalue weighted by molar-refractivity contribution is 6.17. The Morgan fingerprint density at radius 3 is 2.90 bits per heavy atom. The van der Waals surface area contributed by atoms with Gasteiger partial charge in [0.2, 0.25) is 11.8 Å². The Bertz CT molecular complexity index is 504. The Hall–Kier alpha value is -1.55. The summed E-state index contributed by atoms with van der Waals surface area (Å²) in [5.41, 5.74) is 1.94. The summed E-state index contributed by atoms with van der Waals surface area (Å²) in [6, 6.07) is 7.73. The Morgan fingerprint density at radius 2 is 2.20 bits per heavy atom. The molecule has 0 aliphatic carbocycles. The fourth-order valence-corrected chi connectivity index (χ4v) is 2.54. The summed E-state index contributed by atoms with van der Waals surface area (Å²) in [5.74, 6) is 0.216. The number of alkyl halides is 1. The summed E-state index contributed by atoms with van der Waals surface area (Å²) < 4.78 is 0. The molecule has 1 atom stereocenters. The molecule has 4 nitrogen and oxygen atoms in total. The van der Waals surface area contributed by atoms with Crippen LogP contribution in [0.1, 0.15) is 18.4 Å². The van der Waals surface area contributed by atoms with Crippen molar-refractivity contribution in [2.75, 3.05) is 23.9 Å². The molecule has 1 saturated heterocycles. The maximum Gasteiger partial charge on any atom is 0.227 e. The Balaban J connectivity index is 2.00. The predicted octanol–water partition coefficient (Wildman–Crippen LogP) is 2.09. The lowest BCUT2D eigenvalue weighted by atomic mass is 10.1. The molecule has 2 rings (SSSR count). The van der Waals surface area contributed by atoms with Gasteiger partial charge in [0.1, 0.15) is 0 Å². The first kappa shape index (κ1) is 14.9. The fourth-order valence-electron chi connectivity index (χ4n) is 2.41. The normalized spacial score (nSPS) is 18.4. The zero-order chi connectivity index (χ0) is 14.5. The number of anilines is 1. The highest BCUT2D eigenvalue weighted by Gasteiger charge is 2.35. The Labute approximate surface area is 124 Å². The monoisotopic (exact) mass is 294 g/mol. The van der Waals surface area contributed by atoms with Crippen LogP contribution < -0.4 is 10.2 Å². The van der Waals surface area contributed by atoms with E-state index in [9.17, 15) is 9.59 Å². The molecule has 2 amide bonds. The van der Waals surface area contributed by atoms with Gasteiger partial charge in [0, 0.05) is 31.1 Å². The van der Waals surface area contributed by atoms with Crippen LogP contribution in [-0.4, -0.2) is 30.8 Å². The summed E-state index contributed by atoms with van der Waals surface area (Å²) >= 11 is 5.57. The highest BCUT2D eigenvalue weighted by Crippen LogP contribution is 2.27. The minimum absolute atomic E-state index is 0.0109. The smallest absolute Gasteiger partial charge is 0.227 e. The van der Waals surface area contributed by atoms with Crippen LogP contribution in [0.15, 0.2) is 24.3 Å². The SMILES string of the molecule is Cc1ccccc1N1C[C@H](C(=O)NCCCCl)CC1=O. The van der Waals surface area contributed by atoms with Crippen LogP contribution in [0.25, 0.3) is 0 Å². The third-order valence-electron chi connectivity index (χ3n) is 3.51. The molecule has 1 heterocycles. The molecule has 1 fully saturated rings. The van der Waals surface area contributed by atoms with E-state index < -0.39 is 0 Å². The maximum atomic E-state index is 12.1. The molecule has 0 radical (unpaired) electrons. The summed E-state index contributed by atoms with van der Waals surface area (Å²) in [6.07, 6.45) is 1.02. The fraction of sp³-hybridized carbons (Fsp3) is 0.467. The molecule has 1 aliphatic rings. The third-order valence-corrected chi connectivity index (χ3v) is 3.78. The van der Waals surface area contributed by atoms with Gasteiger partial charge in [-0.15, -0.1) is 11.6 Å².